The minimum Gasteiger partial charge on any atom is -0.394 e. The molecule has 0 aromatic heterocycles. The van der Waals surface area contributed by atoms with E-state index in [1.165, 1.54) is 0 Å². The van der Waals surface area contributed by atoms with Crippen LogP contribution in [0.3, 0.4) is 0 Å². The quantitative estimate of drug-likeness (QED) is 0.163. The van der Waals surface area contributed by atoms with Gasteiger partial charge < -0.3 is 54.4 Å². The van der Waals surface area contributed by atoms with Crippen LogP contribution in [0.25, 0.3) is 0 Å². The van der Waals surface area contributed by atoms with E-state index in [2.05, 4.69) is 5.16 Å². The predicted octanol–water partition coefficient (Wildman–Crippen LogP) is -0.962. The second kappa shape index (κ2) is 13.5. The molecule has 0 amide bonds. The van der Waals surface area contributed by atoms with Gasteiger partial charge in [0.15, 0.2) is 12.6 Å². The van der Waals surface area contributed by atoms with Gasteiger partial charge in [-0.1, -0.05) is 65.8 Å². The zero-order valence-corrected chi connectivity index (χ0v) is 20.4. The summed E-state index contributed by atoms with van der Waals surface area (Å²) in [4.78, 5) is 5.20. The molecule has 0 radical (unpaired) electrons. The molecule has 10 atom stereocenters. The van der Waals surface area contributed by atoms with Gasteiger partial charge in [-0.25, -0.2) is 0 Å². The Morgan fingerprint density at radius 2 is 1.32 bits per heavy atom. The van der Waals surface area contributed by atoms with Gasteiger partial charge in [0.05, 0.1) is 19.4 Å². The van der Waals surface area contributed by atoms with Crippen molar-refractivity contribution in [2.24, 2.45) is 5.16 Å². The van der Waals surface area contributed by atoms with Crippen molar-refractivity contribution in [2.75, 3.05) is 6.61 Å². The molecule has 2 fully saturated rings. The second-order valence-corrected chi connectivity index (χ2v) is 9.06. The zero-order valence-electron chi connectivity index (χ0n) is 20.4. The maximum absolute atomic E-state index is 10.7. The number of nitrogens with zero attached hydrogens (tertiary/aromatic N) is 1. The molecule has 2 aliphatic heterocycles. The van der Waals surface area contributed by atoms with E-state index < -0.39 is 68.0 Å². The minimum atomic E-state index is -1.73. The molecule has 6 N–H and O–H groups in total. The summed E-state index contributed by atoms with van der Waals surface area (Å²) in [6.45, 7) is -0.382. The molecule has 2 saturated heterocycles. The van der Waals surface area contributed by atoms with Crippen molar-refractivity contribution in [3.8, 4) is 0 Å². The molecule has 12 nitrogen and oxygen atoms in total. The van der Waals surface area contributed by atoms with Crippen LogP contribution in [0.5, 0.6) is 0 Å². The Kier molecular flexibility index (Phi) is 10.2. The first-order chi connectivity index (χ1) is 18.4. The van der Waals surface area contributed by atoms with Gasteiger partial charge in [-0.2, -0.15) is 0 Å². The van der Waals surface area contributed by atoms with Crippen molar-refractivity contribution < 1.29 is 54.4 Å². The number of rotatable bonds is 10. The molecule has 2 aliphatic rings. The van der Waals surface area contributed by atoms with Gasteiger partial charge in [-0.15, -0.1) is 0 Å². The molecule has 38 heavy (non-hydrogen) atoms. The largest absolute Gasteiger partial charge is 0.394 e. The maximum Gasteiger partial charge on any atom is 0.187 e. The van der Waals surface area contributed by atoms with E-state index in [0.29, 0.717) is 0 Å². The third kappa shape index (κ3) is 6.93. The third-order valence-electron chi connectivity index (χ3n) is 6.33. The average molecular weight is 536 g/mol. The molecule has 0 saturated carbocycles. The SMILES string of the molecule is OC[C@H]1O[C@@H](OCc2ccccc2)[C@H](O)[C@@H](O)[C@@H]1O[C@@H]1O[C@H](/C=N/OCc2ccccc2)[C@H](O)[C@H](O)[C@H]1O. The van der Waals surface area contributed by atoms with Gasteiger partial charge >= 0.3 is 0 Å². The lowest BCUT2D eigenvalue weighted by Crippen LogP contribution is -2.64. The normalized spacial score (nSPS) is 35.8. The molecular weight excluding hydrogens is 502 g/mol. The Hall–Kier alpha value is -2.49. The molecule has 2 aromatic rings. The molecule has 2 aromatic carbocycles. The van der Waals surface area contributed by atoms with E-state index in [4.69, 9.17) is 23.8 Å². The topological polar surface area (TPSA) is 180 Å². The second-order valence-electron chi connectivity index (χ2n) is 9.06. The molecule has 0 spiro atoms. The summed E-state index contributed by atoms with van der Waals surface area (Å²) in [6.07, 6.45) is -13.7. The Balaban J connectivity index is 1.37. The molecule has 0 aliphatic carbocycles. The molecule has 0 bridgehead atoms. The fraction of sp³-hybridized carbons (Fsp3) is 0.500. The highest BCUT2D eigenvalue weighted by Gasteiger charge is 2.50. The monoisotopic (exact) mass is 535 g/mol. The van der Waals surface area contributed by atoms with Gasteiger partial charge in [0.1, 0.15) is 55.4 Å². The molecule has 12 heteroatoms. The van der Waals surface area contributed by atoms with Gasteiger partial charge in [0.25, 0.3) is 0 Å². The van der Waals surface area contributed by atoms with Crippen LogP contribution in [0, 0.1) is 0 Å². The fourth-order valence-corrected chi connectivity index (χ4v) is 4.16. The van der Waals surface area contributed by atoms with Crippen molar-refractivity contribution in [3.05, 3.63) is 71.8 Å². The first-order valence-electron chi connectivity index (χ1n) is 12.2. The van der Waals surface area contributed by atoms with E-state index in [1.54, 1.807) is 0 Å². The predicted molar refractivity (Wildman–Crippen MR) is 130 cm³/mol. The maximum atomic E-state index is 10.7. The summed E-state index contributed by atoms with van der Waals surface area (Å²) in [7, 11) is 0. The number of hydrogen-bond acceptors (Lipinski definition) is 12. The minimum absolute atomic E-state index is 0.0842. The smallest absolute Gasteiger partial charge is 0.187 e. The summed E-state index contributed by atoms with van der Waals surface area (Å²) in [5.41, 5.74) is 1.67. The number of aliphatic hydroxyl groups is 6. The van der Waals surface area contributed by atoms with Crippen LogP contribution < -0.4 is 0 Å². The standard InChI is InChI=1S/C26H33NO11/c28-12-18-24(21(31)23(33)25(37-18)34-13-15-7-3-1-4-8-15)38-26-22(32)20(30)19(29)17(36-26)11-27-35-14-16-9-5-2-6-10-16/h1-11,17-26,28-33H,12-14H2/b27-11+/t17-,18-,19+,20+,21-,22-,23-,24-,25-,26+/m1/s1. The lowest BCUT2D eigenvalue weighted by atomic mass is 9.97. The number of hydrogen-bond donors (Lipinski definition) is 6. The molecule has 0 unspecified atom stereocenters. The number of ether oxygens (including phenoxy) is 4. The Morgan fingerprint density at radius 3 is 1.95 bits per heavy atom. The molecule has 208 valence electrons. The van der Waals surface area contributed by atoms with Gasteiger partial charge in [-0.3, -0.25) is 0 Å². The lowest BCUT2D eigenvalue weighted by Gasteiger charge is -2.45. The summed E-state index contributed by atoms with van der Waals surface area (Å²) in [5, 5.41) is 66.1. The van der Waals surface area contributed by atoms with E-state index in [9.17, 15) is 30.6 Å². The van der Waals surface area contributed by atoms with Crippen LogP contribution in [0.1, 0.15) is 11.1 Å². The van der Waals surface area contributed by atoms with Crippen molar-refractivity contribution >= 4 is 6.21 Å². The van der Waals surface area contributed by atoms with Crippen LogP contribution in [0.4, 0.5) is 0 Å². The highest BCUT2D eigenvalue weighted by atomic mass is 16.7. The van der Waals surface area contributed by atoms with Crippen molar-refractivity contribution in [1.82, 2.24) is 0 Å². The van der Waals surface area contributed by atoms with Crippen molar-refractivity contribution in [1.29, 1.82) is 0 Å². The third-order valence-corrected chi connectivity index (χ3v) is 6.33. The Labute approximate surface area is 219 Å². The molecular formula is C26H33NO11. The van der Waals surface area contributed by atoms with Gasteiger partial charge in [0.2, 0.25) is 0 Å². The Bertz CT molecular complexity index is 995. The average Bonchev–Trinajstić information content (AvgIpc) is 2.95. The Morgan fingerprint density at radius 1 is 0.711 bits per heavy atom. The summed E-state index contributed by atoms with van der Waals surface area (Å²) in [5.74, 6) is 0. The van der Waals surface area contributed by atoms with E-state index in [0.717, 1.165) is 17.3 Å². The fourth-order valence-electron chi connectivity index (χ4n) is 4.16. The van der Waals surface area contributed by atoms with Crippen molar-refractivity contribution in [3.63, 3.8) is 0 Å². The van der Waals surface area contributed by atoms with Crippen LogP contribution >= 0.6 is 0 Å². The lowest BCUT2D eigenvalue weighted by molar-refractivity contribution is -0.353. The summed E-state index contributed by atoms with van der Waals surface area (Å²) in [6, 6.07) is 18.3. The van der Waals surface area contributed by atoms with Crippen LogP contribution in [-0.4, -0.2) is 105 Å². The number of oxime groups is 1. The van der Waals surface area contributed by atoms with E-state index in [-0.39, 0.29) is 13.2 Å². The van der Waals surface area contributed by atoms with E-state index in [1.807, 2.05) is 60.7 Å². The van der Waals surface area contributed by atoms with Crippen LogP contribution in [0.15, 0.2) is 65.8 Å². The number of aliphatic hydroxyl groups excluding tert-OH is 6. The van der Waals surface area contributed by atoms with Crippen molar-refractivity contribution in [2.45, 2.75) is 74.6 Å². The summed E-state index contributed by atoms with van der Waals surface area (Å²) >= 11 is 0. The highest BCUT2D eigenvalue weighted by Crippen LogP contribution is 2.29. The van der Waals surface area contributed by atoms with Crippen LogP contribution in [-0.2, 0) is 37.0 Å². The number of benzene rings is 2. The van der Waals surface area contributed by atoms with E-state index >= 15 is 0 Å². The summed E-state index contributed by atoms with van der Waals surface area (Å²) < 4.78 is 22.5. The highest BCUT2D eigenvalue weighted by molar-refractivity contribution is 5.63. The molecule has 2 heterocycles. The van der Waals surface area contributed by atoms with Gasteiger partial charge in [0, 0.05) is 0 Å². The van der Waals surface area contributed by atoms with Crippen LogP contribution in [0.2, 0.25) is 0 Å². The zero-order chi connectivity index (χ0) is 27.1. The van der Waals surface area contributed by atoms with Gasteiger partial charge in [-0.05, 0) is 11.1 Å². The first kappa shape index (κ1) is 28.5. The molecule has 4 rings (SSSR count). The first-order valence-corrected chi connectivity index (χ1v) is 12.2.